The summed E-state index contributed by atoms with van der Waals surface area (Å²) >= 11 is 5.82. The molecule has 0 bridgehead atoms. The SMILES string of the molecule is N#Cc1c(N)n[nH]c1CCCNc1cn[nH]c(=O)c1Cl. The van der Waals surface area contributed by atoms with E-state index in [9.17, 15) is 4.79 Å². The standard InChI is InChI=1S/C11H12ClN7O/c12-9-8(5-16-19-11(9)20)15-3-1-2-7-6(4-13)10(14)18-17-7/h5H,1-3H2,(H3,14,17,18)(H2,15,19,20). The maximum Gasteiger partial charge on any atom is 0.285 e. The number of nitrogens with one attached hydrogen (secondary N) is 3. The number of hydrogen-bond acceptors (Lipinski definition) is 6. The molecule has 5 N–H and O–H groups in total. The van der Waals surface area contributed by atoms with Gasteiger partial charge in [0.2, 0.25) is 0 Å². The lowest BCUT2D eigenvalue weighted by molar-refractivity contribution is 0.823. The van der Waals surface area contributed by atoms with Crippen LogP contribution in [0.15, 0.2) is 11.0 Å². The molecular weight excluding hydrogens is 282 g/mol. The first kappa shape index (κ1) is 13.9. The van der Waals surface area contributed by atoms with Crippen LogP contribution in [0.2, 0.25) is 5.02 Å². The molecule has 2 aromatic heterocycles. The zero-order valence-electron chi connectivity index (χ0n) is 10.4. The Labute approximate surface area is 119 Å². The van der Waals surface area contributed by atoms with Crippen LogP contribution < -0.4 is 16.6 Å². The largest absolute Gasteiger partial charge is 0.382 e. The Morgan fingerprint density at radius 3 is 3.05 bits per heavy atom. The molecule has 2 heterocycles. The van der Waals surface area contributed by atoms with Crippen LogP contribution in [0.25, 0.3) is 0 Å². The van der Waals surface area contributed by atoms with E-state index >= 15 is 0 Å². The van der Waals surface area contributed by atoms with E-state index in [1.165, 1.54) is 6.20 Å². The summed E-state index contributed by atoms with van der Waals surface area (Å²) in [6, 6.07) is 2.00. The van der Waals surface area contributed by atoms with Crippen LogP contribution >= 0.6 is 11.6 Å². The van der Waals surface area contributed by atoms with E-state index in [0.717, 1.165) is 0 Å². The summed E-state index contributed by atoms with van der Waals surface area (Å²) in [5.41, 5.74) is 6.64. The van der Waals surface area contributed by atoms with E-state index < -0.39 is 5.56 Å². The number of aromatic nitrogens is 4. The molecule has 0 aliphatic carbocycles. The van der Waals surface area contributed by atoms with Gasteiger partial charge in [0, 0.05) is 6.54 Å². The average molecular weight is 294 g/mol. The van der Waals surface area contributed by atoms with Gasteiger partial charge in [0.1, 0.15) is 16.7 Å². The van der Waals surface area contributed by atoms with Crippen LogP contribution in [0.5, 0.6) is 0 Å². The lowest BCUT2D eigenvalue weighted by Gasteiger charge is -2.06. The average Bonchev–Trinajstić information content (AvgIpc) is 2.79. The van der Waals surface area contributed by atoms with Crippen LogP contribution in [-0.2, 0) is 6.42 Å². The number of halogens is 1. The summed E-state index contributed by atoms with van der Waals surface area (Å²) in [5, 5.41) is 24.4. The second-order valence-corrected chi connectivity index (χ2v) is 4.41. The van der Waals surface area contributed by atoms with Gasteiger partial charge in [-0.1, -0.05) is 11.6 Å². The first-order chi connectivity index (χ1) is 9.63. The molecule has 0 aromatic carbocycles. The highest BCUT2D eigenvalue weighted by Gasteiger charge is 2.09. The second kappa shape index (κ2) is 6.08. The molecule has 9 heteroatoms. The molecule has 0 radical (unpaired) electrons. The van der Waals surface area contributed by atoms with Crippen molar-refractivity contribution in [1.29, 1.82) is 5.26 Å². The van der Waals surface area contributed by atoms with Gasteiger partial charge in [0.25, 0.3) is 5.56 Å². The Morgan fingerprint density at radius 1 is 1.50 bits per heavy atom. The van der Waals surface area contributed by atoms with Gasteiger partial charge in [0.05, 0.1) is 17.6 Å². The molecule has 0 spiro atoms. The molecule has 8 nitrogen and oxygen atoms in total. The van der Waals surface area contributed by atoms with Gasteiger partial charge in [-0.05, 0) is 12.8 Å². The third-order valence-electron chi connectivity index (χ3n) is 2.70. The van der Waals surface area contributed by atoms with Crippen LogP contribution in [0.4, 0.5) is 11.5 Å². The van der Waals surface area contributed by atoms with E-state index in [2.05, 4.69) is 25.7 Å². The lowest BCUT2D eigenvalue weighted by atomic mass is 10.1. The zero-order chi connectivity index (χ0) is 14.5. The summed E-state index contributed by atoms with van der Waals surface area (Å²) in [7, 11) is 0. The second-order valence-electron chi connectivity index (χ2n) is 4.03. The Bertz CT molecular complexity index is 700. The van der Waals surface area contributed by atoms with Crippen molar-refractivity contribution in [2.75, 3.05) is 17.6 Å². The molecular formula is C11H12ClN7O. The Kier molecular flexibility index (Phi) is 4.22. The van der Waals surface area contributed by atoms with Gasteiger partial charge in [-0.3, -0.25) is 9.89 Å². The molecule has 0 saturated carbocycles. The first-order valence-electron chi connectivity index (χ1n) is 5.83. The molecule has 0 unspecified atom stereocenters. The van der Waals surface area contributed by atoms with Gasteiger partial charge >= 0.3 is 0 Å². The molecule has 104 valence electrons. The lowest BCUT2D eigenvalue weighted by Crippen LogP contribution is -2.12. The predicted molar refractivity (Wildman–Crippen MR) is 74.4 cm³/mol. The molecule has 0 atom stereocenters. The highest BCUT2D eigenvalue weighted by atomic mass is 35.5. The van der Waals surface area contributed by atoms with E-state index in [-0.39, 0.29) is 10.8 Å². The van der Waals surface area contributed by atoms with Crippen molar-refractivity contribution in [3.63, 3.8) is 0 Å². The van der Waals surface area contributed by atoms with Crippen LogP contribution in [0.1, 0.15) is 17.7 Å². The van der Waals surface area contributed by atoms with Crippen molar-refractivity contribution >= 4 is 23.1 Å². The summed E-state index contributed by atoms with van der Waals surface area (Å²) in [6.07, 6.45) is 2.76. The van der Waals surface area contributed by atoms with Crippen molar-refractivity contribution in [3.8, 4) is 6.07 Å². The van der Waals surface area contributed by atoms with Crippen molar-refractivity contribution in [1.82, 2.24) is 20.4 Å². The summed E-state index contributed by atoms with van der Waals surface area (Å²) in [4.78, 5) is 11.2. The fraction of sp³-hybridized carbons (Fsp3) is 0.273. The summed E-state index contributed by atoms with van der Waals surface area (Å²) < 4.78 is 0. The number of nitrogens with zero attached hydrogens (tertiary/aromatic N) is 3. The number of anilines is 2. The van der Waals surface area contributed by atoms with Gasteiger partial charge < -0.3 is 11.1 Å². The highest BCUT2D eigenvalue weighted by molar-refractivity contribution is 6.32. The van der Waals surface area contributed by atoms with Crippen LogP contribution in [0, 0.1) is 11.3 Å². The van der Waals surface area contributed by atoms with E-state index in [4.69, 9.17) is 22.6 Å². The molecule has 0 aliphatic rings. The first-order valence-corrected chi connectivity index (χ1v) is 6.21. The number of rotatable bonds is 5. The molecule has 2 aromatic rings. The zero-order valence-corrected chi connectivity index (χ0v) is 11.2. The van der Waals surface area contributed by atoms with Crippen LogP contribution in [0.3, 0.4) is 0 Å². The molecule has 0 fully saturated rings. The van der Waals surface area contributed by atoms with Gasteiger partial charge in [-0.25, -0.2) is 5.10 Å². The summed E-state index contributed by atoms with van der Waals surface area (Å²) in [6.45, 7) is 0.564. The predicted octanol–water partition coefficient (Wildman–Crippen LogP) is 0.645. The van der Waals surface area contributed by atoms with E-state index in [1.807, 2.05) is 6.07 Å². The van der Waals surface area contributed by atoms with Gasteiger partial charge in [-0.2, -0.15) is 15.5 Å². The fourth-order valence-corrected chi connectivity index (χ4v) is 1.85. The number of aryl methyl sites for hydroxylation is 1. The molecule has 2 rings (SSSR count). The number of hydrogen-bond donors (Lipinski definition) is 4. The van der Waals surface area contributed by atoms with Crippen molar-refractivity contribution < 1.29 is 0 Å². The third kappa shape index (κ3) is 2.89. The Hall–Kier alpha value is -2.53. The molecule has 0 saturated heterocycles. The molecule has 20 heavy (non-hydrogen) atoms. The molecule has 0 aliphatic heterocycles. The van der Waals surface area contributed by atoms with Crippen molar-refractivity contribution in [2.45, 2.75) is 12.8 Å². The van der Waals surface area contributed by atoms with Gasteiger partial charge in [-0.15, -0.1) is 0 Å². The van der Waals surface area contributed by atoms with Crippen molar-refractivity contribution in [3.05, 3.63) is 32.8 Å². The topological polar surface area (TPSA) is 136 Å². The quantitative estimate of drug-likeness (QED) is 0.597. The summed E-state index contributed by atoms with van der Waals surface area (Å²) in [5.74, 6) is 0.206. The monoisotopic (exact) mass is 293 g/mol. The maximum absolute atomic E-state index is 11.2. The smallest absolute Gasteiger partial charge is 0.285 e. The fourth-order valence-electron chi connectivity index (χ4n) is 1.69. The van der Waals surface area contributed by atoms with Gasteiger partial charge in [0.15, 0.2) is 5.82 Å². The minimum atomic E-state index is -0.440. The minimum absolute atomic E-state index is 0.0727. The maximum atomic E-state index is 11.2. The number of nitriles is 1. The van der Waals surface area contributed by atoms with E-state index in [1.54, 1.807) is 0 Å². The van der Waals surface area contributed by atoms with E-state index in [0.29, 0.717) is 36.3 Å². The Morgan fingerprint density at radius 2 is 2.30 bits per heavy atom. The normalized spacial score (nSPS) is 10.2. The minimum Gasteiger partial charge on any atom is -0.382 e. The number of aromatic amines is 2. The number of nitrogen functional groups attached to an aromatic ring is 1. The number of H-pyrrole nitrogens is 2. The molecule has 0 amide bonds. The van der Waals surface area contributed by atoms with Crippen LogP contribution in [-0.4, -0.2) is 26.9 Å². The third-order valence-corrected chi connectivity index (χ3v) is 3.07. The van der Waals surface area contributed by atoms with Crippen molar-refractivity contribution in [2.24, 2.45) is 0 Å². The highest BCUT2D eigenvalue weighted by Crippen LogP contribution is 2.16. The number of nitrogens with two attached hydrogens (primary N) is 1. The Balaban J connectivity index is 1.90.